The maximum atomic E-state index is 12.7. The van der Waals surface area contributed by atoms with Crippen LogP contribution in [0.15, 0.2) is 41.4 Å². The van der Waals surface area contributed by atoms with Crippen LogP contribution in [-0.4, -0.2) is 31.3 Å². The van der Waals surface area contributed by atoms with Crippen molar-refractivity contribution in [1.29, 1.82) is 0 Å². The van der Waals surface area contributed by atoms with Gasteiger partial charge in [-0.25, -0.2) is 0 Å². The van der Waals surface area contributed by atoms with Gasteiger partial charge in [0.25, 0.3) is 5.91 Å². The highest BCUT2D eigenvalue weighted by molar-refractivity contribution is 7.16. The molecule has 0 saturated carbocycles. The summed E-state index contributed by atoms with van der Waals surface area (Å²) in [6.45, 7) is 5.38. The molecule has 0 atom stereocenters. The summed E-state index contributed by atoms with van der Waals surface area (Å²) in [7, 11) is 3.25. The molecule has 0 unspecified atom stereocenters. The minimum Gasteiger partial charge on any atom is -0.497 e. The van der Waals surface area contributed by atoms with Gasteiger partial charge in [0.2, 0.25) is 0 Å². The maximum absolute atomic E-state index is 12.7. The van der Waals surface area contributed by atoms with Crippen LogP contribution in [0, 0.1) is 13.8 Å². The van der Waals surface area contributed by atoms with Crippen molar-refractivity contribution in [3.05, 3.63) is 57.9 Å². The Kier molecular flexibility index (Phi) is 5.54. The van der Waals surface area contributed by atoms with Gasteiger partial charge in [-0.3, -0.25) is 4.79 Å². The minimum atomic E-state index is -0.282. The van der Waals surface area contributed by atoms with Crippen molar-refractivity contribution in [2.75, 3.05) is 20.8 Å². The maximum Gasteiger partial charge on any atom is 0.279 e. The molecule has 3 rings (SSSR count). The number of benzene rings is 2. The smallest absolute Gasteiger partial charge is 0.279 e. The molecular formula is C20H22N2O3S. The van der Waals surface area contributed by atoms with Crippen LogP contribution in [0.3, 0.4) is 0 Å². The molecule has 6 heteroatoms. The first-order valence-electron chi connectivity index (χ1n) is 8.36. The highest BCUT2D eigenvalue weighted by Crippen LogP contribution is 2.22. The van der Waals surface area contributed by atoms with E-state index in [0.29, 0.717) is 29.3 Å². The summed E-state index contributed by atoms with van der Waals surface area (Å²) in [5, 5.41) is 0. The Bertz CT molecular complexity index is 1020. The number of rotatable bonds is 5. The number of methoxy groups -OCH3 is 2. The van der Waals surface area contributed by atoms with Crippen LogP contribution >= 0.6 is 11.3 Å². The Morgan fingerprint density at radius 3 is 2.65 bits per heavy atom. The molecule has 0 aliphatic rings. The van der Waals surface area contributed by atoms with Gasteiger partial charge in [-0.1, -0.05) is 17.4 Å². The zero-order chi connectivity index (χ0) is 18.7. The van der Waals surface area contributed by atoms with E-state index in [1.54, 1.807) is 38.5 Å². The first kappa shape index (κ1) is 18.4. The minimum absolute atomic E-state index is 0.282. The molecule has 0 saturated heterocycles. The van der Waals surface area contributed by atoms with Gasteiger partial charge in [-0.2, -0.15) is 4.99 Å². The lowest BCUT2D eigenvalue weighted by molar-refractivity contribution is 0.0997. The van der Waals surface area contributed by atoms with Crippen LogP contribution < -0.4 is 9.54 Å². The molecule has 1 amide bonds. The SMILES string of the molecule is COCCn1c(=NC(=O)c2cccc(OC)c2)sc2cc(C)c(C)cc21. The van der Waals surface area contributed by atoms with E-state index in [-0.39, 0.29) is 5.91 Å². The van der Waals surface area contributed by atoms with E-state index in [1.807, 2.05) is 4.57 Å². The molecule has 2 aromatic carbocycles. The van der Waals surface area contributed by atoms with Gasteiger partial charge >= 0.3 is 0 Å². The van der Waals surface area contributed by atoms with E-state index in [2.05, 4.69) is 31.0 Å². The van der Waals surface area contributed by atoms with Crippen molar-refractivity contribution in [1.82, 2.24) is 4.57 Å². The second kappa shape index (κ2) is 7.85. The number of aromatic nitrogens is 1. The summed E-state index contributed by atoms with van der Waals surface area (Å²) < 4.78 is 13.6. The van der Waals surface area contributed by atoms with Crippen LogP contribution in [0.4, 0.5) is 0 Å². The van der Waals surface area contributed by atoms with Gasteiger partial charge in [0.15, 0.2) is 4.80 Å². The number of carbonyl (C=O) groups is 1. The van der Waals surface area contributed by atoms with Gasteiger partial charge in [0.1, 0.15) is 5.75 Å². The van der Waals surface area contributed by atoms with E-state index in [9.17, 15) is 4.79 Å². The molecule has 26 heavy (non-hydrogen) atoms. The topological polar surface area (TPSA) is 52.8 Å². The number of hydrogen-bond donors (Lipinski definition) is 0. The van der Waals surface area contributed by atoms with Crippen LogP contribution in [0.25, 0.3) is 10.2 Å². The van der Waals surface area contributed by atoms with E-state index < -0.39 is 0 Å². The molecule has 0 radical (unpaired) electrons. The van der Waals surface area contributed by atoms with Crippen molar-refractivity contribution in [3.63, 3.8) is 0 Å². The zero-order valence-corrected chi connectivity index (χ0v) is 16.2. The fraction of sp³-hybridized carbons (Fsp3) is 0.300. The number of thiazole rings is 1. The fourth-order valence-corrected chi connectivity index (χ4v) is 3.85. The predicted molar refractivity (Wildman–Crippen MR) is 104 cm³/mol. The second-order valence-electron chi connectivity index (χ2n) is 6.08. The van der Waals surface area contributed by atoms with Gasteiger partial charge in [-0.05, 0) is 55.3 Å². The number of carbonyl (C=O) groups excluding carboxylic acids is 1. The normalized spacial score (nSPS) is 11.9. The Hall–Kier alpha value is -2.44. The zero-order valence-electron chi connectivity index (χ0n) is 15.4. The number of hydrogen-bond acceptors (Lipinski definition) is 4. The lowest BCUT2D eigenvalue weighted by atomic mass is 10.1. The molecule has 1 aromatic heterocycles. The Labute approximate surface area is 156 Å². The Morgan fingerprint density at radius 1 is 1.15 bits per heavy atom. The monoisotopic (exact) mass is 370 g/mol. The van der Waals surface area contributed by atoms with Gasteiger partial charge < -0.3 is 14.0 Å². The molecule has 0 aliphatic heterocycles. The summed E-state index contributed by atoms with van der Waals surface area (Å²) in [4.78, 5) is 17.7. The van der Waals surface area contributed by atoms with Crippen molar-refractivity contribution >= 4 is 27.5 Å². The molecular weight excluding hydrogens is 348 g/mol. The largest absolute Gasteiger partial charge is 0.497 e. The van der Waals surface area contributed by atoms with Gasteiger partial charge in [0, 0.05) is 19.2 Å². The van der Waals surface area contributed by atoms with Crippen LogP contribution in [0.1, 0.15) is 21.5 Å². The molecule has 1 heterocycles. The first-order valence-corrected chi connectivity index (χ1v) is 9.17. The molecule has 0 bridgehead atoms. The molecule has 0 N–H and O–H groups in total. The van der Waals surface area contributed by atoms with E-state index in [0.717, 1.165) is 10.2 Å². The summed E-state index contributed by atoms with van der Waals surface area (Å²) in [6.07, 6.45) is 0. The molecule has 0 aliphatic carbocycles. The third-order valence-corrected chi connectivity index (χ3v) is 5.37. The number of fused-ring (bicyclic) bond motifs is 1. The Morgan fingerprint density at radius 2 is 1.92 bits per heavy atom. The first-order chi connectivity index (χ1) is 12.5. The molecule has 136 valence electrons. The van der Waals surface area contributed by atoms with Crippen molar-refractivity contribution in [2.45, 2.75) is 20.4 Å². The number of aryl methyl sites for hydroxylation is 2. The average molecular weight is 370 g/mol. The lowest BCUT2D eigenvalue weighted by Gasteiger charge is -2.06. The van der Waals surface area contributed by atoms with Crippen LogP contribution in [-0.2, 0) is 11.3 Å². The number of nitrogens with zero attached hydrogens (tertiary/aromatic N) is 2. The third-order valence-electron chi connectivity index (χ3n) is 4.33. The molecule has 0 spiro atoms. The van der Waals surface area contributed by atoms with Crippen molar-refractivity contribution < 1.29 is 14.3 Å². The fourth-order valence-electron chi connectivity index (χ4n) is 2.71. The summed E-state index contributed by atoms with van der Waals surface area (Å²) in [5.74, 6) is 0.357. The highest BCUT2D eigenvalue weighted by atomic mass is 32.1. The second-order valence-corrected chi connectivity index (χ2v) is 7.09. The van der Waals surface area contributed by atoms with Crippen LogP contribution in [0.5, 0.6) is 5.75 Å². The summed E-state index contributed by atoms with van der Waals surface area (Å²) in [5.41, 5.74) is 4.02. The highest BCUT2D eigenvalue weighted by Gasteiger charge is 2.11. The standard InChI is InChI=1S/C20H22N2O3S/c1-13-10-17-18(11-14(13)2)26-20(22(17)8-9-24-3)21-19(23)15-6-5-7-16(12-15)25-4/h5-7,10-12H,8-9H2,1-4H3. The molecule has 5 nitrogen and oxygen atoms in total. The average Bonchev–Trinajstić information content (AvgIpc) is 2.96. The summed E-state index contributed by atoms with van der Waals surface area (Å²) >= 11 is 1.52. The van der Waals surface area contributed by atoms with E-state index in [1.165, 1.54) is 22.5 Å². The molecule has 0 fully saturated rings. The van der Waals surface area contributed by atoms with Crippen LogP contribution in [0.2, 0.25) is 0 Å². The van der Waals surface area contributed by atoms with Crippen molar-refractivity contribution in [2.24, 2.45) is 4.99 Å². The quantitative estimate of drug-likeness (QED) is 0.688. The number of ether oxygens (including phenoxy) is 2. The Balaban J connectivity index is 2.12. The lowest BCUT2D eigenvalue weighted by Crippen LogP contribution is -2.19. The van der Waals surface area contributed by atoms with Crippen molar-refractivity contribution in [3.8, 4) is 5.75 Å². The molecule has 3 aromatic rings. The third kappa shape index (κ3) is 3.71. The van der Waals surface area contributed by atoms with E-state index in [4.69, 9.17) is 9.47 Å². The number of amides is 1. The predicted octanol–water partition coefficient (Wildman–Crippen LogP) is 3.72. The van der Waals surface area contributed by atoms with Gasteiger partial charge in [-0.15, -0.1) is 0 Å². The van der Waals surface area contributed by atoms with E-state index >= 15 is 0 Å². The van der Waals surface area contributed by atoms with Gasteiger partial charge in [0.05, 0.1) is 23.9 Å². The summed E-state index contributed by atoms with van der Waals surface area (Å²) in [6, 6.07) is 11.3.